The number of hydrogen-bond acceptors (Lipinski definition) is 2. The van der Waals surface area contributed by atoms with E-state index in [-0.39, 0.29) is 50.1 Å². The highest BCUT2D eigenvalue weighted by molar-refractivity contribution is 5.86. The van der Waals surface area contributed by atoms with Crippen molar-refractivity contribution in [3.05, 3.63) is 47.7 Å². The molecule has 0 aromatic heterocycles. The van der Waals surface area contributed by atoms with Gasteiger partial charge in [0.25, 0.3) is 0 Å². The summed E-state index contributed by atoms with van der Waals surface area (Å²) in [4.78, 5) is 11.5. The van der Waals surface area contributed by atoms with Crippen LogP contribution in [0.4, 0.5) is 18.9 Å². The summed E-state index contributed by atoms with van der Waals surface area (Å²) in [6.45, 7) is 3.98. The average Bonchev–Trinajstić information content (AvgIpc) is 2.93. The Kier molecular flexibility index (Phi) is 5.12. The molecule has 3 rings (SSSR count). The summed E-state index contributed by atoms with van der Waals surface area (Å²) in [6.07, 6.45) is -2.44. The summed E-state index contributed by atoms with van der Waals surface area (Å²) in [5.74, 6) is -1.75. The molecule has 2 unspecified atom stereocenters. The Hall–Kier alpha value is -1.86. The number of carbonyl (C=O) groups is 1. The van der Waals surface area contributed by atoms with Crippen LogP contribution < -0.4 is 9.96 Å². The molecule has 26 heavy (non-hydrogen) atoms. The number of nitrogens with zero attached hydrogens (tertiary/aromatic N) is 1. The molecular formula is C19H23F3N2O2. The highest BCUT2D eigenvalue weighted by Gasteiger charge is 2.48. The fourth-order valence-corrected chi connectivity index (χ4v) is 4.34. The quantitative estimate of drug-likeness (QED) is 0.496. The van der Waals surface area contributed by atoms with E-state index in [9.17, 15) is 23.2 Å². The summed E-state index contributed by atoms with van der Waals surface area (Å²) in [6, 6.07) is 6.91. The van der Waals surface area contributed by atoms with Crippen LogP contribution in [0.1, 0.15) is 37.2 Å². The van der Waals surface area contributed by atoms with Gasteiger partial charge in [0.05, 0.1) is 24.4 Å². The zero-order chi connectivity index (χ0) is 18.9. The van der Waals surface area contributed by atoms with Crippen LogP contribution in [0.25, 0.3) is 0 Å². The minimum atomic E-state index is -4.18. The maximum absolute atomic E-state index is 13.7. The molecule has 1 aliphatic carbocycles. The summed E-state index contributed by atoms with van der Waals surface area (Å²) >= 11 is 0. The van der Waals surface area contributed by atoms with E-state index in [1.807, 2.05) is 12.1 Å². The van der Waals surface area contributed by atoms with E-state index >= 15 is 0 Å². The van der Waals surface area contributed by atoms with Gasteiger partial charge in [0.2, 0.25) is 5.91 Å². The molecule has 1 fully saturated rings. The van der Waals surface area contributed by atoms with Gasteiger partial charge in [-0.1, -0.05) is 24.8 Å². The van der Waals surface area contributed by atoms with Gasteiger partial charge < -0.3 is 15.2 Å². The lowest BCUT2D eigenvalue weighted by Gasteiger charge is -2.48. The maximum atomic E-state index is 13.7. The first kappa shape index (κ1) is 18.9. The first-order valence-corrected chi connectivity index (χ1v) is 8.91. The highest BCUT2D eigenvalue weighted by Crippen LogP contribution is 2.47. The fraction of sp³-hybridized carbons (Fsp3) is 0.526. The third-order valence-corrected chi connectivity index (χ3v) is 5.73. The van der Waals surface area contributed by atoms with Gasteiger partial charge in [0.1, 0.15) is 5.69 Å². The van der Waals surface area contributed by atoms with E-state index in [2.05, 4.69) is 11.9 Å². The third-order valence-electron chi connectivity index (χ3n) is 5.73. The molecule has 7 heteroatoms. The number of nitrogens with one attached hydrogen (secondary N) is 1. The van der Waals surface area contributed by atoms with E-state index in [0.29, 0.717) is 12.2 Å². The largest absolute Gasteiger partial charge is 0.627 e. The summed E-state index contributed by atoms with van der Waals surface area (Å²) in [7, 11) is 0. The van der Waals surface area contributed by atoms with Gasteiger partial charge in [-0.2, -0.15) is 13.2 Å². The van der Waals surface area contributed by atoms with Crippen molar-refractivity contribution in [3.63, 3.8) is 0 Å². The summed E-state index contributed by atoms with van der Waals surface area (Å²) in [5, 5.41) is 16.4. The van der Waals surface area contributed by atoms with Crippen LogP contribution in [0.3, 0.4) is 0 Å². The number of amides is 1. The molecule has 1 saturated carbocycles. The normalized spacial score (nSPS) is 31.3. The average molecular weight is 368 g/mol. The van der Waals surface area contributed by atoms with Gasteiger partial charge in [-0.15, -0.1) is 0 Å². The SMILES string of the molecule is C=CC(=O)NCC1C[N+]([O-])(C2CCC(C(F)(F)F)CC2)c2ccccc21. The molecule has 1 N–H and O–H groups in total. The summed E-state index contributed by atoms with van der Waals surface area (Å²) < 4.78 is 38.2. The molecule has 0 saturated heterocycles. The number of benzene rings is 1. The lowest BCUT2D eigenvalue weighted by atomic mass is 9.84. The molecule has 1 aromatic carbocycles. The number of hydrogen-bond donors (Lipinski definition) is 1. The zero-order valence-corrected chi connectivity index (χ0v) is 14.5. The van der Waals surface area contributed by atoms with Crippen LogP contribution in [0, 0.1) is 11.1 Å². The van der Waals surface area contributed by atoms with E-state index in [0.717, 1.165) is 5.56 Å². The van der Waals surface area contributed by atoms with Crippen LogP contribution >= 0.6 is 0 Å². The third kappa shape index (κ3) is 3.50. The molecule has 142 valence electrons. The second-order valence-electron chi connectivity index (χ2n) is 7.23. The Balaban J connectivity index is 1.77. The van der Waals surface area contributed by atoms with Crippen LogP contribution in [0.15, 0.2) is 36.9 Å². The fourth-order valence-electron chi connectivity index (χ4n) is 4.34. The van der Waals surface area contributed by atoms with Crippen LogP contribution in [0.2, 0.25) is 0 Å². The summed E-state index contributed by atoms with van der Waals surface area (Å²) in [5.41, 5.74) is 1.51. The van der Waals surface area contributed by atoms with Gasteiger partial charge in [-0.3, -0.25) is 4.79 Å². The smallest absolute Gasteiger partial charge is 0.391 e. The molecule has 1 heterocycles. The second kappa shape index (κ2) is 7.04. The molecule has 1 aliphatic heterocycles. The zero-order valence-electron chi connectivity index (χ0n) is 14.5. The van der Waals surface area contributed by atoms with E-state index in [1.165, 1.54) is 6.08 Å². The molecule has 0 spiro atoms. The Labute approximate surface area is 150 Å². The van der Waals surface area contributed by atoms with Crippen molar-refractivity contribution in [2.45, 2.75) is 43.8 Å². The maximum Gasteiger partial charge on any atom is 0.391 e. The van der Waals surface area contributed by atoms with Crippen molar-refractivity contribution in [1.82, 2.24) is 9.96 Å². The predicted octanol–water partition coefficient (Wildman–Crippen LogP) is 4.01. The lowest BCUT2D eigenvalue weighted by molar-refractivity contribution is -0.183. The molecule has 0 radical (unpaired) electrons. The second-order valence-corrected chi connectivity index (χ2v) is 7.23. The van der Waals surface area contributed by atoms with Gasteiger partial charge >= 0.3 is 6.18 Å². The highest BCUT2D eigenvalue weighted by atomic mass is 19.4. The number of fused-ring (bicyclic) bond motifs is 1. The van der Waals surface area contributed by atoms with Crippen molar-refractivity contribution in [1.29, 1.82) is 0 Å². The number of hydroxylamine groups is 2. The van der Waals surface area contributed by atoms with Gasteiger partial charge in [0, 0.05) is 24.9 Å². The predicted molar refractivity (Wildman–Crippen MR) is 94.2 cm³/mol. The van der Waals surface area contributed by atoms with Gasteiger partial charge in [0.15, 0.2) is 0 Å². The molecule has 2 aliphatic rings. The van der Waals surface area contributed by atoms with Crippen molar-refractivity contribution in [2.75, 3.05) is 13.1 Å². The van der Waals surface area contributed by atoms with E-state index < -0.39 is 16.7 Å². The van der Waals surface area contributed by atoms with E-state index in [1.54, 1.807) is 12.1 Å². The Morgan fingerprint density at radius 2 is 1.92 bits per heavy atom. The number of halogens is 3. The monoisotopic (exact) mass is 368 g/mol. The molecular weight excluding hydrogens is 345 g/mol. The number of quaternary nitrogens is 1. The van der Waals surface area contributed by atoms with Gasteiger partial charge in [-0.25, -0.2) is 0 Å². The van der Waals surface area contributed by atoms with Crippen molar-refractivity contribution < 1.29 is 18.0 Å². The Morgan fingerprint density at radius 1 is 1.27 bits per heavy atom. The van der Waals surface area contributed by atoms with Crippen molar-refractivity contribution >= 4 is 11.6 Å². The number of carbonyl (C=O) groups excluding carboxylic acids is 1. The van der Waals surface area contributed by atoms with Gasteiger partial charge in [-0.05, 0) is 25.0 Å². The molecule has 4 nitrogen and oxygen atoms in total. The lowest BCUT2D eigenvalue weighted by Crippen LogP contribution is -2.53. The van der Waals surface area contributed by atoms with Crippen LogP contribution in [-0.2, 0) is 4.79 Å². The van der Waals surface area contributed by atoms with Crippen molar-refractivity contribution in [3.8, 4) is 0 Å². The van der Waals surface area contributed by atoms with Crippen molar-refractivity contribution in [2.24, 2.45) is 5.92 Å². The van der Waals surface area contributed by atoms with Crippen LogP contribution in [0.5, 0.6) is 0 Å². The molecule has 1 aromatic rings. The minimum absolute atomic E-state index is 0.0104. The standard InChI is InChI=1S/C19H23F3N2O2/c1-2-18(25)23-11-13-12-24(26,17-6-4-3-5-16(13)17)15-9-7-14(8-10-15)19(20,21)22/h2-6,13-15H,1,7-12H2,(H,23,25). The van der Waals surface area contributed by atoms with E-state index in [4.69, 9.17) is 0 Å². The first-order valence-electron chi connectivity index (χ1n) is 8.91. The van der Waals surface area contributed by atoms with Crippen LogP contribution in [-0.4, -0.2) is 31.2 Å². The topological polar surface area (TPSA) is 52.2 Å². The minimum Gasteiger partial charge on any atom is -0.627 e. The Bertz CT molecular complexity index is 684. The molecule has 2 atom stereocenters. The first-order chi connectivity index (χ1) is 12.3. The Morgan fingerprint density at radius 3 is 2.54 bits per heavy atom. The number of alkyl halides is 3. The number of rotatable bonds is 4. The molecule has 0 bridgehead atoms. The number of para-hydroxylation sites is 1. The molecule has 1 amide bonds.